The van der Waals surface area contributed by atoms with Crippen LogP contribution in [0.25, 0.3) is 21.7 Å². The minimum Gasteiger partial charge on any atom is -0.356 e. The monoisotopic (exact) mass is 350 g/mol. The predicted molar refractivity (Wildman–Crippen MR) is 95.7 cm³/mol. The number of urea groups is 2. The van der Waals surface area contributed by atoms with Gasteiger partial charge in [0.1, 0.15) is 5.69 Å². The molecule has 3 aromatic rings. The first-order valence-corrected chi connectivity index (χ1v) is 8.86. The zero-order valence-electron chi connectivity index (χ0n) is 14.1. The third-order valence-corrected chi connectivity index (χ3v) is 5.27. The summed E-state index contributed by atoms with van der Waals surface area (Å²) in [6.07, 6.45) is 1.70. The minimum absolute atomic E-state index is 0.168. The zero-order valence-corrected chi connectivity index (χ0v) is 14.1. The quantitative estimate of drug-likeness (QED) is 0.731. The fourth-order valence-corrected chi connectivity index (χ4v) is 3.97. The van der Waals surface area contributed by atoms with E-state index in [1.165, 1.54) is 4.90 Å². The summed E-state index contributed by atoms with van der Waals surface area (Å²) in [6, 6.07) is 11.4. The molecule has 0 bridgehead atoms. The van der Waals surface area contributed by atoms with Crippen LogP contribution in [-0.4, -0.2) is 46.7 Å². The maximum atomic E-state index is 12.8. The summed E-state index contributed by atoms with van der Waals surface area (Å²) in [4.78, 5) is 27.7. The summed E-state index contributed by atoms with van der Waals surface area (Å²) in [5.41, 5.74) is 1.49. The van der Waals surface area contributed by atoms with Gasteiger partial charge in [0, 0.05) is 25.0 Å². The normalized spacial score (nSPS) is 20.3. The van der Waals surface area contributed by atoms with Gasteiger partial charge in [0.25, 0.3) is 0 Å². The maximum Gasteiger partial charge on any atom is 0.328 e. The second-order valence-corrected chi connectivity index (χ2v) is 6.78. The van der Waals surface area contributed by atoms with Gasteiger partial charge in [-0.2, -0.15) is 0 Å². The number of rotatable bonds is 1. The number of amides is 4. The van der Waals surface area contributed by atoms with Gasteiger partial charge in [-0.15, -0.1) is 0 Å². The molecule has 132 valence electrons. The lowest BCUT2D eigenvalue weighted by Crippen LogP contribution is -2.44. The maximum absolute atomic E-state index is 12.8. The smallest absolute Gasteiger partial charge is 0.328 e. The highest BCUT2D eigenvalue weighted by molar-refractivity contribution is 5.98. The summed E-state index contributed by atoms with van der Waals surface area (Å²) >= 11 is 0. The zero-order chi connectivity index (χ0) is 17.7. The number of nitrogens with zero attached hydrogens (tertiary/aromatic N) is 3. The van der Waals surface area contributed by atoms with Gasteiger partial charge >= 0.3 is 12.1 Å². The average molecular weight is 350 g/mol. The molecule has 7 heteroatoms. The van der Waals surface area contributed by atoms with E-state index in [1.807, 2.05) is 24.3 Å². The van der Waals surface area contributed by atoms with E-state index in [1.54, 1.807) is 4.90 Å². The third kappa shape index (κ3) is 2.23. The van der Waals surface area contributed by atoms with E-state index in [9.17, 15) is 9.59 Å². The highest BCUT2D eigenvalue weighted by Gasteiger charge is 2.38. The fraction of sp³-hybridized carbons (Fsp3) is 0.316. The summed E-state index contributed by atoms with van der Waals surface area (Å²) in [5, 5.41) is 10.1. The summed E-state index contributed by atoms with van der Waals surface area (Å²) < 4.78 is 5.56. The Balaban J connectivity index is 1.54. The molecule has 0 saturated carbocycles. The molecular formula is C19H18N4O3. The molecule has 0 spiro atoms. The minimum atomic E-state index is -0.323. The van der Waals surface area contributed by atoms with Crippen molar-refractivity contribution >= 4 is 33.8 Å². The Morgan fingerprint density at radius 3 is 2.77 bits per heavy atom. The van der Waals surface area contributed by atoms with Crippen molar-refractivity contribution in [3.8, 4) is 0 Å². The molecule has 2 fully saturated rings. The number of carbonyl (C=O) groups is 2. The molecular weight excluding hydrogens is 332 g/mol. The van der Waals surface area contributed by atoms with Crippen LogP contribution in [0.2, 0.25) is 0 Å². The SMILES string of the molecule is O=C1NCCN1C(=O)N1CCC[C@@H]1c1noc2cc3ccccc3cc12. The number of aromatic nitrogens is 1. The lowest BCUT2D eigenvalue weighted by atomic mass is 10.0. The van der Waals surface area contributed by atoms with Crippen LogP contribution in [0.15, 0.2) is 40.9 Å². The van der Waals surface area contributed by atoms with Gasteiger partial charge in [-0.25, -0.2) is 14.5 Å². The second kappa shape index (κ2) is 5.72. The van der Waals surface area contributed by atoms with E-state index in [0.29, 0.717) is 19.6 Å². The molecule has 2 aliphatic rings. The predicted octanol–water partition coefficient (Wildman–Crippen LogP) is 3.26. The van der Waals surface area contributed by atoms with Crippen molar-refractivity contribution in [2.75, 3.05) is 19.6 Å². The first kappa shape index (κ1) is 15.2. The molecule has 0 aliphatic carbocycles. The highest BCUT2D eigenvalue weighted by atomic mass is 16.5. The van der Waals surface area contributed by atoms with Crippen molar-refractivity contribution in [2.24, 2.45) is 0 Å². The molecule has 4 amide bonds. The largest absolute Gasteiger partial charge is 0.356 e. The molecule has 2 aromatic carbocycles. The van der Waals surface area contributed by atoms with Crippen LogP contribution < -0.4 is 5.32 Å². The number of hydrogen-bond donors (Lipinski definition) is 1. The molecule has 0 radical (unpaired) electrons. The van der Waals surface area contributed by atoms with E-state index >= 15 is 0 Å². The summed E-state index contributed by atoms with van der Waals surface area (Å²) in [6.45, 7) is 1.53. The van der Waals surface area contributed by atoms with Crippen LogP contribution in [0.1, 0.15) is 24.6 Å². The average Bonchev–Trinajstić information content (AvgIpc) is 3.38. The molecule has 7 nitrogen and oxygen atoms in total. The van der Waals surface area contributed by atoms with Gasteiger partial charge in [0.05, 0.1) is 6.04 Å². The Labute approximate surface area is 149 Å². The van der Waals surface area contributed by atoms with E-state index in [-0.39, 0.29) is 18.1 Å². The van der Waals surface area contributed by atoms with Crippen molar-refractivity contribution in [2.45, 2.75) is 18.9 Å². The lowest BCUT2D eigenvalue weighted by Gasteiger charge is -2.26. The van der Waals surface area contributed by atoms with Gasteiger partial charge in [0.2, 0.25) is 0 Å². The van der Waals surface area contributed by atoms with Crippen LogP contribution in [0.3, 0.4) is 0 Å². The van der Waals surface area contributed by atoms with Crippen LogP contribution >= 0.6 is 0 Å². The van der Waals surface area contributed by atoms with Gasteiger partial charge in [-0.1, -0.05) is 29.4 Å². The molecule has 2 aliphatic heterocycles. The number of likely N-dealkylation sites (tertiary alicyclic amines) is 1. The molecule has 3 heterocycles. The van der Waals surface area contributed by atoms with E-state index in [0.717, 1.165) is 40.3 Å². The Bertz CT molecular complexity index is 1030. The first-order valence-electron chi connectivity index (χ1n) is 8.86. The molecule has 0 unspecified atom stereocenters. The Kier molecular flexibility index (Phi) is 3.34. The molecule has 1 N–H and O–H groups in total. The molecule has 1 aromatic heterocycles. The number of fused-ring (bicyclic) bond motifs is 2. The second-order valence-electron chi connectivity index (χ2n) is 6.78. The number of nitrogens with one attached hydrogen (secondary N) is 1. The van der Waals surface area contributed by atoms with Gasteiger partial charge < -0.3 is 14.7 Å². The van der Waals surface area contributed by atoms with Crippen molar-refractivity contribution in [1.29, 1.82) is 0 Å². The van der Waals surface area contributed by atoms with Crippen LogP contribution in [0, 0.1) is 0 Å². The first-order chi connectivity index (χ1) is 12.7. The van der Waals surface area contributed by atoms with E-state index in [4.69, 9.17) is 4.52 Å². The standard InChI is InChI=1S/C19H18N4O3/c24-18-20-7-9-23(18)19(25)22-8-3-6-15(22)17-14-10-12-4-1-2-5-13(12)11-16(14)26-21-17/h1-2,4-5,10-11,15H,3,6-9H2,(H,20,24)/t15-/m1/s1. The number of hydrogen-bond acceptors (Lipinski definition) is 4. The molecule has 26 heavy (non-hydrogen) atoms. The number of benzene rings is 2. The lowest BCUT2D eigenvalue weighted by molar-refractivity contribution is 0.158. The van der Waals surface area contributed by atoms with Crippen molar-refractivity contribution < 1.29 is 14.1 Å². The van der Waals surface area contributed by atoms with Gasteiger partial charge in [-0.3, -0.25) is 0 Å². The molecule has 1 atom stereocenters. The van der Waals surface area contributed by atoms with Crippen LogP contribution in [-0.2, 0) is 0 Å². The molecule has 5 rings (SSSR count). The topological polar surface area (TPSA) is 78.7 Å². The van der Waals surface area contributed by atoms with E-state index in [2.05, 4.69) is 22.6 Å². The molecule has 2 saturated heterocycles. The Morgan fingerprint density at radius 2 is 2.00 bits per heavy atom. The summed E-state index contributed by atoms with van der Waals surface area (Å²) in [5.74, 6) is 0. The van der Waals surface area contributed by atoms with Crippen LogP contribution in [0.5, 0.6) is 0 Å². The third-order valence-electron chi connectivity index (χ3n) is 5.27. The van der Waals surface area contributed by atoms with Crippen molar-refractivity contribution in [1.82, 2.24) is 20.3 Å². The number of imide groups is 1. The Morgan fingerprint density at radius 1 is 1.19 bits per heavy atom. The highest BCUT2D eigenvalue weighted by Crippen LogP contribution is 2.37. The van der Waals surface area contributed by atoms with Crippen molar-refractivity contribution in [3.63, 3.8) is 0 Å². The summed E-state index contributed by atoms with van der Waals surface area (Å²) in [7, 11) is 0. The van der Waals surface area contributed by atoms with Gasteiger partial charge in [-0.05, 0) is 35.7 Å². The van der Waals surface area contributed by atoms with Gasteiger partial charge in [0.15, 0.2) is 5.58 Å². The fourth-order valence-electron chi connectivity index (χ4n) is 3.97. The van der Waals surface area contributed by atoms with Crippen molar-refractivity contribution in [3.05, 3.63) is 42.1 Å². The Hall–Kier alpha value is -3.09. The van der Waals surface area contributed by atoms with Crippen LogP contribution in [0.4, 0.5) is 9.59 Å². The van der Waals surface area contributed by atoms with E-state index < -0.39 is 0 Å². The number of carbonyl (C=O) groups excluding carboxylic acids is 2.